The molecule has 2 amide bonds. The van der Waals surface area contributed by atoms with Gasteiger partial charge < -0.3 is 19.9 Å². The van der Waals surface area contributed by atoms with Crippen LogP contribution in [0.1, 0.15) is 23.7 Å². The molecule has 1 N–H and O–H groups in total. The maximum atomic E-state index is 12.1. The van der Waals surface area contributed by atoms with Crippen LogP contribution < -0.4 is 10.1 Å². The van der Waals surface area contributed by atoms with E-state index in [-0.39, 0.29) is 11.8 Å². The average molecular weight is 319 g/mol. The Morgan fingerprint density at radius 3 is 2.65 bits per heavy atom. The molecule has 1 aliphatic heterocycles. The number of nitrogens with one attached hydrogen (secondary N) is 1. The molecule has 0 spiro atoms. The molecule has 0 bridgehead atoms. The van der Waals surface area contributed by atoms with Gasteiger partial charge in [0.05, 0.1) is 6.61 Å². The minimum absolute atomic E-state index is 0.0986. The van der Waals surface area contributed by atoms with E-state index in [1.807, 2.05) is 17.9 Å². The summed E-state index contributed by atoms with van der Waals surface area (Å²) in [7, 11) is 2.05. The first-order chi connectivity index (χ1) is 11.1. The normalized spacial score (nSPS) is 15.3. The zero-order valence-electron chi connectivity index (χ0n) is 13.9. The molecule has 1 aliphatic rings. The molecule has 6 nitrogen and oxygen atoms in total. The number of likely N-dealkylation sites (N-methyl/N-ethyl adjacent to an activating group) is 1. The molecule has 23 heavy (non-hydrogen) atoms. The van der Waals surface area contributed by atoms with Crippen LogP contribution in [0.25, 0.3) is 0 Å². The number of ether oxygens (including phenoxy) is 1. The summed E-state index contributed by atoms with van der Waals surface area (Å²) < 4.78 is 5.38. The van der Waals surface area contributed by atoms with Crippen molar-refractivity contribution in [1.82, 2.24) is 15.1 Å². The minimum Gasteiger partial charge on any atom is -0.494 e. The van der Waals surface area contributed by atoms with Gasteiger partial charge in [-0.1, -0.05) is 6.07 Å². The molecule has 0 atom stereocenters. The van der Waals surface area contributed by atoms with Crippen LogP contribution >= 0.6 is 0 Å². The molecule has 1 fully saturated rings. The SMILES string of the molecule is CCOc1cccc(C(=O)NCCC(=O)N2CCN(C)CC2)c1. The Kier molecular flexibility index (Phi) is 6.40. The number of piperazine rings is 1. The van der Waals surface area contributed by atoms with Gasteiger partial charge in [-0.3, -0.25) is 9.59 Å². The van der Waals surface area contributed by atoms with Crippen molar-refractivity contribution in [3.05, 3.63) is 29.8 Å². The van der Waals surface area contributed by atoms with Crippen LogP contribution in [-0.4, -0.2) is 68.0 Å². The quantitative estimate of drug-likeness (QED) is 0.849. The van der Waals surface area contributed by atoms with E-state index < -0.39 is 0 Å². The maximum absolute atomic E-state index is 12.1. The monoisotopic (exact) mass is 319 g/mol. The third kappa shape index (κ3) is 5.25. The molecular formula is C17H25N3O3. The summed E-state index contributed by atoms with van der Waals surface area (Å²) in [6, 6.07) is 7.05. The predicted molar refractivity (Wildman–Crippen MR) is 88.6 cm³/mol. The van der Waals surface area contributed by atoms with Crippen molar-refractivity contribution in [3.63, 3.8) is 0 Å². The fourth-order valence-electron chi connectivity index (χ4n) is 2.49. The summed E-state index contributed by atoms with van der Waals surface area (Å²) in [5, 5.41) is 2.79. The number of amides is 2. The molecule has 1 saturated heterocycles. The van der Waals surface area contributed by atoms with Gasteiger partial charge in [-0.2, -0.15) is 0 Å². The predicted octanol–water partition coefficient (Wildman–Crippen LogP) is 0.979. The Balaban J connectivity index is 1.76. The van der Waals surface area contributed by atoms with Gasteiger partial charge in [0, 0.05) is 44.7 Å². The lowest BCUT2D eigenvalue weighted by atomic mass is 10.2. The third-order valence-corrected chi connectivity index (χ3v) is 3.89. The fourth-order valence-corrected chi connectivity index (χ4v) is 2.49. The molecular weight excluding hydrogens is 294 g/mol. The van der Waals surface area contributed by atoms with Crippen molar-refractivity contribution in [3.8, 4) is 5.75 Å². The lowest BCUT2D eigenvalue weighted by Crippen LogP contribution is -2.47. The molecule has 0 saturated carbocycles. The number of nitrogens with zero attached hydrogens (tertiary/aromatic N) is 2. The second-order valence-corrected chi connectivity index (χ2v) is 5.65. The largest absolute Gasteiger partial charge is 0.494 e. The van der Waals surface area contributed by atoms with Crippen LogP contribution in [0.3, 0.4) is 0 Å². The highest BCUT2D eigenvalue weighted by molar-refractivity contribution is 5.94. The number of hydrogen-bond donors (Lipinski definition) is 1. The lowest BCUT2D eigenvalue weighted by Gasteiger charge is -2.32. The highest BCUT2D eigenvalue weighted by atomic mass is 16.5. The van der Waals surface area contributed by atoms with Crippen molar-refractivity contribution in [2.24, 2.45) is 0 Å². The number of hydrogen-bond acceptors (Lipinski definition) is 4. The highest BCUT2D eigenvalue weighted by Gasteiger charge is 2.18. The van der Waals surface area contributed by atoms with E-state index in [2.05, 4.69) is 17.3 Å². The molecule has 1 aromatic rings. The number of carbonyl (C=O) groups is 2. The lowest BCUT2D eigenvalue weighted by molar-refractivity contribution is -0.132. The third-order valence-electron chi connectivity index (χ3n) is 3.89. The fraction of sp³-hybridized carbons (Fsp3) is 0.529. The standard InChI is InChI=1S/C17H25N3O3/c1-3-23-15-6-4-5-14(13-15)17(22)18-8-7-16(21)20-11-9-19(2)10-12-20/h4-6,13H,3,7-12H2,1-2H3,(H,18,22). The van der Waals surface area contributed by atoms with Gasteiger partial charge in [0.1, 0.15) is 5.75 Å². The van der Waals surface area contributed by atoms with Gasteiger partial charge in [0.2, 0.25) is 5.91 Å². The van der Waals surface area contributed by atoms with E-state index in [1.54, 1.807) is 18.2 Å². The van der Waals surface area contributed by atoms with Gasteiger partial charge >= 0.3 is 0 Å². The summed E-state index contributed by atoms with van der Waals surface area (Å²) >= 11 is 0. The molecule has 126 valence electrons. The number of carbonyl (C=O) groups excluding carboxylic acids is 2. The first-order valence-corrected chi connectivity index (χ1v) is 8.07. The summed E-state index contributed by atoms with van der Waals surface area (Å²) in [6.07, 6.45) is 0.334. The Labute approximate surface area is 137 Å². The Bertz CT molecular complexity index is 540. The van der Waals surface area contributed by atoms with Crippen LogP contribution in [0.15, 0.2) is 24.3 Å². The Morgan fingerprint density at radius 1 is 1.22 bits per heavy atom. The number of benzene rings is 1. The first-order valence-electron chi connectivity index (χ1n) is 8.07. The molecule has 0 aromatic heterocycles. The molecule has 0 radical (unpaired) electrons. The molecule has 6 heteroatoms. The Morgan fingerprint density at radius 2 is 1.96 bits per heavy atom. The van der Waals surface area contributed by atoms with Crippen molar-refractivity contribution >= 4 is 11.8 Å². The van der Waals surface area contributed by atoms with Crippen LogP contribution in [0.4, 0.5) is 0 Å². The number of rotatable bonds is 6. The summed E-state index contributed by atoms with van der Waals surface area (Å²) in [6.45, 7) is 6.15. The zero-order valence-corrected chi connectivity index (χ0v) is 13.9. The van der Waals surface area contributed by atoms with E-state index in [4.69, 9.17) is 4.74 Å². The average Bonchev–Trinajstić information content (AvgIpc) is 2.56. The van der Waals surface area contributed by atoms with Crippen LogP contribution in [0.5, 0.6) is 5.75 Å². The zero-order chi connectivity index (χ0) is 16.7. The van der Waals surface area contributed by atoms with Crippen molar-refractivity contribution in [2.45, 2.75) is 13.3 Å². The van der Waals surface area contributed by atoms with Gasteiger partial charge in [-0.15, -0.1) is 0 Å². The second kappa shape index (κ2) is 8.53. The van der Waals surface area contributed by atoms with Crippen molar-refractivity contribution in [2.75, 3.05) is 46.4 Å². The van der Waals surface area contributed by atoms with Gasteiger partial charge in [-0.25, -0.2) is 0 Å². The van der Waals surface area contributed by atoms with E-state index in [0.717, 1.165) is 26.2 Å². The summed E-state index contributed by atoms with van der Waals surface area (Å²) in [5.74, 6) is 0.591. The Hall–Kier alpha value is -2.08. The van der Waals surface area contributed by atoms with E-state index >= 15 is 0 Å². The molecule has 0 aliphatic carbocycles. The van der Waals surface area contributed by atoms with E-state index in [9.17, 15) is 9.59 Å². The smallest absolute Gasteiger partial charge is 0.251 e. The van der Waals surface area contributed by atoms with Gasteiger partial charge in [-0.05, 0) is 32.2 Å². The second-order valence-electron chi connectivity index (χ2n) is 5.65. The maximum Gasteiger partial charge on any atom is 0.251 e. The van der Waals surface area contributed by atoms with E-state index in [1.165, 1.54) is 0 Å². The summed E-state index contributed by atoms with van der Waals surface area (Å²) in [4.78, 5) is 28.3. The topological polar surface area (TPSA) is 61.9 Å². The van der Waals surface area contributed by atoms with Crippen LogP contribution in [0, 0.1) is 0 Å². The van der Waals surface area contributed by atoms with E-state index in [0.29, 0.717) is 30.9 Å². The van der Waals surface area contributed by atoms with Gasteiger partial charge in [0.25, 0.3) is 5.91 Å². The minimum atomic E-state index is -0.183. The van der Waals surface area contributed by atoms with Crippen LogP contribution in [0.2, 0.25) is 0 Å². The molecule has 0 unspecified atom stereocenters. The molecule has 1 heterocycles. The molecule has 1 aromatic carbocycles. The van der Waals surface area contributed by atoms with Crippen LogP contribution in [-0.2, 0) is 4.79 Å². The van der Waals surface area contributed by atoms with Crippen molar-refractivity contribution < 1.29 is 14.3 Å². The highest BCUT2D eigenvalue weighted by Crippen LogP contribution is 2.13. The summed E-state index contributed by atoms with van der Waals surface area (Å²) in [5.41, 5.74) is 0.544. The van der Waals surface area contributed by atoms with Crippen molar-refractivity contribution in [1.29, 1.82) is 0 Å². The van der Waals surface area contributed by atoms with Gasteiger partial charge in [0.15, 0.2) is 0 Å². The first kappa shape index (κ1) is 17.3. The molecule has 2 rings (SSSR count).